The molecule has 1 aliphatic rings. The summed E-state index contributed by atoms with van der Waals surface area (Å²) in [6.07, 6.45) is 4.28. The van der Waals surface area contributed by atoms with Crippen LogP contribution in [0.2, 0.25) is 19.6 Å². The van der Waals surface area contributed by atoms with E-state index in [1.54, 1.807) is 0 Å². The fourth-order valence-electron chi connectivity index (χ4n) is 1.61. The van der Waals surface area contributed by atoms with Gasteiger partial charge in [0.2, 0.25) is 0 Å². The van der Waals surface area contributed by atoms with E-state index in [1.807, 2.05) is 0 Å². The summed E-state index contributed by atoms with van der Waals surface area (Å²) in [5.41, 5.74) is 0. The zero-order valence-electron chi connectivity index (χ0n) is 7.48. The molecule has 0 amide bonds. The molecule has 0 aromatic rings. The lowest BCUT2D eigenvalue weighted by Gasteiger charge is -2.23. The Kier molecular flexibility index (Phi) is 2.53. The van der Waals surface area contributed by atoms with Crippen LogP contribution >= 0.6 is 0 Å². The average Bonchev–Trinajstić information content (AvgIpc) is 2.12. The molecule has 1 aliphatic heterocycles. The number of nitrogens with zero attached hydrogens (tertiary/aromatic N) is 1. The Bertz CT molecular complexity index is 100. The lowest BCUT2D eigenvalue weighted by atomic mass is 10.4. The van der Waals surface area contributed by atoms with Crippen LogP contribution in [0.5, 0.6) is 0 Å². The molecule has 0 unspecified atom stereocenters. The summed E-state index contributed by atoms with van der Waals surface area (Å²) in [7, 11) is -0.796. The predicted octanol–water partition coefficient (Wildman–Crippen LogP) is 1.96. The van der Waals surface area contributed by atoms with Crippen LogP contribution in [0.4, 0.5) is 0 Å². The van der Waals surface area contributed by atoms with Crippen molar-refractivity contribution in [3.8, 4) is 0 Å². The summed E-state index contributed by atoms with van der Waals surface area (Å²) in [5, 5.41) is 0. The second kappa shape index (κ2) is 3.05. The number of hydrogen-bond acceptors (Lipinski definition) is 1. The van der Waals surface area contributed by atoms with Crippen molar-refractivity contribution in [2.24, 2.45) is 0 Å². The maximum absolute atomic E-state index is 2.63. The van der Waals surface area contributed by atoms with Crippen LogP contribution in [-0.2, 0) is 0 Å². The van der Waals surface area contributed by atoms with Crippen molar-refractivity contribution in [1.82, 2.24) is 4.90 Å². The molecule has 0 N–H and O–H groups in total. The highest BCUT2D eigenvalue weighted by atomic mass is 28.3. The minimum atomic E-state index is -0.796. The van der Waals surface area contributed by atoms with Gasteiger partial charge in [0.25, 0.3) is 0 Å². The Morgan fingerprint density at radius 1 is 1.10 bits per heavy atom. The zero-order valence-corrected chi connectivity index (χ0v) is 8.48. The van der Waals surface area contributed by atoms with E-state index in [2.05, 4.69) is 24.5 Å². The molecule has 1 rings (SSSR count). The van der Waals surface area contributed by atoms with Gasteiger partial charge in [-0.05, 0) is 32.1 Å². The lowest BCUT2D eigenvalue weighted by molar-refractivity contribution is 0.389. The minimum absolute atomic E-state index is 0.796. The molecule has 1 nitrogen and oxygen atoms in total. The van der Waals surface area contributed by atoms with Crippen LogP contribution in [0.25, 0.3) is 0 Å². The smallest absolute Gasteiger partial charge is 0.0599 e. The van der Waals surface area contributed by atoms with Gasteiger partial charge in [-0.2, -0.15) is 0 Å². The second-order valence-corrected chi connectivity index (χ2v) is 9.98. The molecule has 0 bridgehead atoms. The zero-order chi connectivity index (χ0) is 7.61. The highest BCUT2D eigenvalue weighted by molar-refractivity contribution is 6.76. The van der Waals surface area contributed by atoms with Crippen molar-refractivity contribution >= 4 is 8.07 Å². The molecule has 0 radical (unpaired) electrons. The normalized spacial score (nSPS) is 21.9. The van der Waals surface area contributed by atoms with E-state index in [-0.39, 0.29) is 0 Å². The van der Waals surface area contributed by atoms with Crippen LogP contribution in [0.15, 0.2) is 0 Å². The Morgan fingerprint density at radius 2 is 1.60 bits per heavy atom. The highest BCUT2D eigenvalue weighted by Crippen LogP contribution is 2.11. The Balaban J connectivity index is 2.24. The van der Waals surface area contributed by atoms with Crippen molar-refractivity contribution < 1.29 is 0 Å². The quantitative estimate of drug-likeness (QED) is 0.554. The topological polar surface area (TPSA) is 3.24 Å². The molecule has 1 saturated heterocycles. The molecule has 60 valence electrons. The van der Waals surface area contributed by atoms with Crippen LogP contribution in [0.1, 0.15) is 12.8 Å². The van der Waals surface area contributed by atoms with Gasteiger partial charge < -0.3 is 4.90 Å². The first kappa shape index (κ1) is 8.28. The number of hydrogen-bond donors (Lipinski definition) is 0. The van der Waals surface area contributed by atoms with E-state index in [0.717, 1.165) is 0 Å². The standard InChI is InChI=1S/C8H19NSi/c1-10(2,3)8-9-6-4-5-7-9/h4-8H2,1-3H3. The van der Waals surface area contributed by atoms with E-state index in [4.69, 9.17) is 0 Å². The fourth-order valence-corrected chi connectivity index (χ4v) is 3.27. The Hall–Kier alpha value is 0.177. The molecular formula is C8H19NSi. The molecule has 10 heavy (non-hydrogen) atoms. The van der Waals surface area contributed by atoms with Gasteiger partial charge >= 0.3 is 0 Å². The first-order chi connectivity index (χ1) is 4.58. The van der Waals surface area contributed by atoms with Crippen molar-refractivity contribution in [2.45, 2.75) is 32.5 Å². The molecule has 0 atom stereocenters. The van der Waals surface area contributed by atoms with Gasteiger partial charge in [0.05, 0.1) is 8.07 Å². The summed E-state index contributed by atoms with van der Waals surface area (Å²) in [6, 6.07) is 0. The fraction of sp³-hybridized carbons (Fsp3) is 1.00. The summed E-state index contributed by atoms with van der Waals surface area (Å²) in [4.78, 5) is 2.63. The maximum Gasteiger partial charge on any atom is 0.0599 e. The van der Waals surface area contributed by atoms with Crippen molar-refractivity contribution in [1.29, 1.82) is 0 Å². The van der Waals surface area contributed by atoms with Gasteiger partial charge in [-0.25, -0.2) is 0 Å². The molecule has 0 aromatic carbocycles. The van der Waals surface area contributed by atoms with Crippen LogP contribution in [0, 0.1) is 0 Å². The Morgan fingerprint density at radius 3 is 2.00 bits per heavy atom. The summed E-state index contributed by atoms with van der Waals surface area (Å²) in [5.74, 6) is 0. The summed E-state index contributed by atoms with van der Waals surface area (Å²) < 4.78 is 0. The predicted molar refractivity (Wildman–Crippen MR) is 49.0 cm³/mol. The minimum Gasteiger partial charge on any atom is -0.306 e. The lowest BCUT2D eigenvalue weighted by Crippen LogP contribution is -2.38. The summed E-state index contributed by atoms with van der Waals surface area (Å²) >= 11 is 0. The molecule has 0 saturated carbocycles. The molecule has 0 aromatic heterocycles. The largest absolute Gasteiger partial charge is 0.306 e. The first-order valence-electron chi connectivity index (χ1n) is 4.30. The SMILES string of the molecule is C[Si](C)(C)CN1CCCC1. The molecule has 0 aliphatic carbocycles. The van der Waals surface area contributed by atoms with Gasteiger partial charge in [-0.1, -0.05) is 19.6 Å². The van der Waals surface area contributed by atoms with Gasteiger partial charge in [-0.3, -0.25) is 0 Å². The van der Waals surface area contributed by atoms with Gasteiger partial charge in [0, 0.05) is 0 Å². The highest BCUT2D eigenvalue weighted by Gasteiger charge is 2.20. The van der Waals surface area contributed by atoms with E-state index in [1.165, 1.54) is 32.1 Å². The maximum atomic E-state index is 2.63. The molecular weight excluding hydrogens is 138 g/mol. The average molecular weight is 157 g/mol. The number of rotatable bonds is 2. The van der Waals surface area contributed by atoms with E-state index in [9.17, 15) is 0 Å². The van der Waals surface area contributed by atoms with Gasteiger partial charge in [-0.15, -0.1) is 0 Å². The molecule has 0 spiro atoms. The van der Waals surface area contributed by atoms with Crippen LogP contribution < -0.4 is 0 Å². The van der Waals surface area contributed by atoms with Gasteiger partial charge in [0.15, 0.2) is 0 Å². The van der Waals surface area contributed by atoms with Crippen molar-refractivity contribution in [2.75, 3.05) is 19.3 Å². The molecule has 2 heteroatoms. The van der Waals surface area contributed by atoms with Crippen molar-refractivity contribution in [3.05, 3.63) is 0 Å². The monoisotopic (exact) mass is 157 g/mol. The molecule has 1 heterocycles. The van der Waals surface area contributed by atoms with E-state index >= 15 is 0 Å². The van der Waals surface area contributed by atoms with Crippen LogP contribution in [-0.4, -0.2) is 32.2 Å². The van der Waals surface area contributed by atoms with E-state index in [0.29, 0.717) is 0 Å². The van der Waals surface area contributed by atoms with Gasteiger partial charge in [0.1, 0.15) is 0 Å². The second-order valence-electron chi connectivity index (χ2n) is 4.54. The van der Waals surface area contributed by atoms with Crippen molar-refractivity contribution in [3.63, 3.8) is 0 Å². The molecule has 1 fully saturated rings. The summed E-state index contributed by atoms with van der Waals surface area (Å²) in [6.45, 7) is 10.1. The third kappa shape index (κ3) is 2.84. The first-order valence-corrected chi connectivity index (χ1v) is 8.01. The Labute approximate surface area is 65.4 Å². The third-order valence-electron chi connectivity index (χ3n) is 1.90. The third-order valence-corrected chi connectivity index (χ3v) is 3.29. The van der Waals surface area contributed by atoms with E-state index < -0.39 is 8.07 Å². The van der Waals surface area contributed by atoms with Crippen LogP contribution in [0.3, 0.4) is 0 Å². The number of likely N-dealkylation sites (tertiary alicyclic amines) is 1.